The van der Waals surface area contributed by atoms with E-state index >= 15 is 0 Å². The minimum atomic E-state index is -0.726. The lowest BCUT2D eigenvalue weighted by atomic mass is 10.0. The van der Waals surface area contributed by atoms with Gasteiger partial charge in [0.2, 0.25) is 0 Å². The van der Waals surface area contributed by atoms with Crippen LogP contribution in [0.2, 0.25) is 0 Å². The molecule has 0 saturated carbocycles. The fourth-order valence-electron chi connectivity index (χ4n) is 3.06. The Bertz CT molecular complexity index is 623. The standard InChI is InChI=1S/C15H18N4O3/c1-17-14(18-9-5-6-10-18)13(19(21)22)12(16-15(17)20)11-7-3-2-4-8-11/h2-4,7-8,12H,5-6,9-10H2,1H3,(H,16,20). The Balaban J connectivity index is 2.13. The SMILES string of the molecule is CN1C(=O)NC(c2ccccc2)C([N+](=O)[O-])=C1N1CCCC1. The average Bonchev–Trinajstić information content (AvgIpc) is 3.04. The molecule has 7 heteroatoms. The van der Waals surface area contributed by atoms with Gasteiger partial charge in [-0.05, 0) is 18.4 Å². The number of hydrogen-bond acceptors (Lipinski definition) is 4. The van der Waals surface area contributed by atoms with Crippen LogP contribution in [0.5, 0.6) is 0 Å². The Morgan fingerprint density at radius 1 is 1.23 bits per heavy atom. The van der Waals surface area contributed by atoms with Crippen LogP contribution in [0.3, 0.4) is 0 Å². The predicted molar refractivity (Wildman–Crippen MR) is 80.3 cm³/mol. The summed E-state index contributed by atoms with van der Waals surface area (Å²) in [5.41, 5.74) is 0.752. The van der Waals surface area contributed by atoms with E-state index in [4.69, 9.17) is 0 Å². The molecule has 1 unspecified atom stereocenters. The molecule has 1 atom stereocenters. The maximum atomic E-state index is 12.2. The summed E-state index contributed by atoms with van der Waals surface area (Å²) in [7, 11) is 1.58. The lowest BCUT2D eigenvalue weighted by molar-refractivity contribution is -0.435. The van der Waals surface area contributed by atoms with Crippen LogP contribution in [0.1, 0.15) is 24.4 Å². The van der Waals surface area contributed by atoms with Crippen LogP contribution in [-0.2, 0) is 0 Å². The lowest BCUT2D eigenvalue weighted by Gasteiger charge is -2.35. The first-order valence-electron chi connectivity index (χ1n) is 7.32. The van der Waals surface area contributed by atoms with Crippen molar-refractivity contribution < 1.29 is 9.72 Å². The van der Waals surface area contributed by atoms with E-state index in [1.807, 2.05) is 23.1 Å². The Kier molecular flexibility index (Phi) is 3.70. The van der Waals surface area contributed by atoms with Crippen LogP contribution in [0, 0.1) is 10.1 Å². The zero-order chi connectivity index (χ0) is 15.7. The van der Waals surface area contributed by atoms with E-state index in [0.717, 1.165) is 25.9 Å². The maximum Gasteiger partial charge on any atom is 0.323 e. The zero-order valence-corrected chi connectivity index (χ0v) is 12.4. The normalized spacial score (nSPS) is 22.0. The van der Waals surface area contributed by atoms with Gasteiger partial charge in [0.1, 0.15) is 0 Å². The summed E-state index contributed by atoms with van der Waals surface area (Å²) < 4.78 is 0. The van der Waals surface area contributed by atoms with Gasteiger partial charge < -0.3 is 10.2 Å². The van der Waals surface area contributed by atoms with Gasteiger partial charge in [0.25, 0.3) is 0 Å². The fraction of sp³-hybridized carbons (Fsp3) is 0.400. The van der Waals surface area contributed by atoms with E-state index in [2.05, 4.69) is 5.32 Å². The largest absolute Gasteiger partial charge is 0.352 e. The number of nitrogens with zero attached hydrogens (tertiary/aromatic N) is 3. The Morgan fingerprint density at radius 3 is 2.45 bits per heavy atom. The van der Waals surface area contributed by atoms with Gasteiger partial charge in [0.05, 0.1) is 4.92 Å². The third-order valence-electron chi connectivity index (χ3n) is 4.13. The number of benzene rings is 1. The van der Waals surface area contributed by atoms with Crippen molar-refractivity contribution in [1.82, 2.24) is 15.1 Å². The van der Waals surface area contributed by atoms with Crippen molar-refractivity contribution >= 4 is 6.03 Å². The average molecular weight is 302 g/mol. The molecule has 1 N–H and O–H groups in total. The van der Waals surface area contributed by atoms with E-state index in [1.165, 1.54) is 4.90 Å². The quantitative estimate of drug-likeness (QED) is 0.683. The molecule has 116 valence electrons. The first-order valence-corrected chi connectivity index (χ1v) is 7.32. The molecule has 7 nitrogen and oxygen atoms in total. The minimum Gasteiger partial charge on any atom is -0.352 e. The molecule has 2 amide bonds. The molecule has 0 spiro atoms. The van der Waals surface area contributed by atoms with Crippen LogP contribution in [0.4, 0.5) is 4.79 Å². The van der Waals surface area contributed by atoms with Gasteiger partial charge in [0, 0.05) is 20.1 Å². The van der Waals surface area contributed by atoms with E-state index in [9.17, 15) is 14.9 Å². The summed E-state index contributed by atoms with van der Waals surface area (Å²) in [6.07, 6.45) is 1.97. The fourth-order valence-corrected chi connectivity index (χ4v) is 3.06. The lowest BCUT2D eigenvalue weighted by Crippen LogP contribution is -2.50. The van der Waals surface area contributed by atoms with Gasteiger partial charge >= 0.3 is 11.7 Å². The number of rotatable bonds is 3. The van der Waals surface area contributed by atoms with Crippen molar-refractivity contribution in [3.05, 3.63) is 57.5 Å². The summed E-state index contributed by atoms with van der Waals surface area (Å²) in [5, 5.41) is 14.4. The summed E-state index contributed by atoms with van der Waals surface area (Å²) in [6, 6.07) is 8.01. The van der Waals surface area contributed by atoms with Crippen LogP contribution >= 0.6 is 0 Å². The molecule has 1 aromatic rings. The predicted octanol–water partition coefficient (Wildman–Crippen LogP) is 1.92. The number of nitrogens with one attached hydrogen (secondary N) is 1. The second kappa shape index (κ2) is 5.67. The van der Waals surface area contributed by atoms with Crippen LogP contribution in [-0.4, -0.2) is 40.9 Å². The Hall–Kier alpha value is -2.57. The second-order valence-corrected chi connectivity index (χ2v) is 5.51. The molecular formula is C15H18N4O3. The first-order chi connectivity index (χ1) is 10.6. The van der Waals surface area contributed by atoms with Crippen molar-refractivity contribution in [3.63, 3.8) is 0 Å². The van der Waals surface area contributed by atoms with E-state index in [1.54, 1.807) is 19.2 Å². The molecule has 1 aromatic carbocycles. The van der Waals surface area contributed by atoms with Crippen LogP contribution in [0.25, 0.3) is 0 Å². The molecule has 2 aliphatic rings. The Labute approximate surface area is 128 Å². The van der Waals surface area contributed by atoms with Crippen LogP contribution in [0.15, 0.2) is 41.8 Å². The van der Waals surface area contributed by atoms with E-state index < -0.39 is 6.04 Å². The van der Waals surface area contributed by atoms with Crippen molar-refractivity contribution in [3.8, 4) is 0 Å². The van der Waals surface area contributed by atoms with E-state index in [-0.39, 0.29) is 16.7 Å². The van der Waals surface area contributed by atoms with Gasteiger partial charge in [-0.3, -0.25) is 15.0 Å². The van der Waals surface area contributed by atoms with Crippen LogP contribution < -0.4 is 5.32 Å². The third-order valence-corrected chi connectivity index (χ3v) is 4.13. The van der Waals surface area contributed by atoms with Gasteiger partial charge in [-0.15, -0.1) is 0 Å². The number of amides is 2. The molecule has 0 aliphatic carbocycles. The summed E-state index contributed by atoms with van der Waals surface area (Å²) in [6.45, 7) is 1.48. The second-order valence-electron chi connectivity index (χ2n) is 5.51. The number of hydrogen-bond donors (Lipinski definition) is 1. The summed E-state index contributed by atoms with van der Waals surface area (Å²) >= 11 is 0. The smallest absolute Gasteiger partial charge is 0.323 e. The first kappa shape index (κ1) is 14.4. The molecular weight excluding hydrogens is 284 g/mol. The highest BCUT2D eigenvalue weighted by Gasteiger charge is 2.42. The molecule has 1 saturated heterocycles. The third kappa shape index (κ3) is 2.38. The molecule has 3 rings (SSSR count). The molecule has 2 aliphatic heterocycles. The summed E-state index contributed by atoms with van der Waals surface area (Å²) in [4.78, 5) is 26.9. The number of carbonyl (C=O) groups excluding carboxylic acids is 1. The minimum absolute atomic E-state index is 0.0372. The van der Waals surface area contributed by atoms with Gasteiger partial charge in [-0.2, -0.15) is 0 Å². The van der Waals surface area contributed by atoms with Gasteiger partial charge in [-0.25, -0.2) is 4.79 Å². The monoisotopic (exact) mass is 302 g/mol. The van der Waals surface area contributed by atoms with Crippen molar-refractivity contribution in [1.29, 1.82) is 0 Å². The molecule has 0 radical (unpaired) electrons. The van der Waals surface area contributed by atoms with Crippen molar-refractivity contribution in [2.45, 2.75) is 18.9 Å². The number of likely N-dealkylation sites (tertiary alicyclic amines) is 1. The highest BCUT2D eigenvalue weighted by Crippen LogP contribution is 2.33. The molecule has 22 heavy (non-hydrogen) atoms. The Morgan fingerprint density at radius 2 is 1.86 bits per heavy atom. The maximum absolute atomic E-state index is 12.2. The van der Waals surface area contributed by atoms with Gasteiger partial charge in [-0.1, -0.05) is 30.3 Å². The number of urea groups is 1. The number of carbonyl (C=O) groups is 1. The zero-order valence-electron chi connectivity index (χ0n) is 12.4. The van der Waals surface area contributed by atoms with Crippen molar-refractivity contribution in [2.24, 2.45) is 0 Å². The molecule has 0 aromatic heterocycles. The number of nitro groups is 1. The van der Waals surface area contributed by atoms with Gasteiger partial charge in [0.15, 0.2) is 11.9 Å². The van der Waals surface area contributed by atoms with Crippen molar-refractivity contribution in [2.75, 3.05) is 20.1 Å². The molecule has 1 fully saturated rings. The van der Waals surface area contributed by atoms with E-state index in [0.29, 0.717) is 11.4 Å². The topological polar surface area (TPSA) is 78.7 Å². The molecule has 0 bridgehead atoms. The highest BCUT2D eigenvalue weighted by atomic mass is 16.6. The highest BCUT2D eigenvalue weighted by molar-refractivity contribution is 5.78. The summed E-state index contributed by atoms with van der Waals surface area (Å²) in [5.74, 6) is 0.417. The molecule has 2 heterocycles.